The van der Waals surface area contributed by atoms with Crippen LogP contribution in [0.4, 0.5) is 5.88 Å². The molecule has 0 radical (unpaired) electrons. The van der Waals surface area contributed by atoms with E-state index in [1.807, 2.05) is 6.92 Å². The van der Waals surface area contributed by atoms with Crippen LogP contribution < -0.4 is 5.32 Å². The topological polar surface area (TPSA) is 88.5 Å². The Kier molecular flexibility index (Phi) is 4.26. The number of aliphatic hydroxyl groups is 1. The zero-order valence-corrected chi connectivity index (χ0v) is 8.47. The van der Waals surface area contributed by atoms with Crippen molar-refractivity contribution in [2.24, 2.45) is 0 Å². The van der Waals surface area contributed by atoms with E-state index < -0.39 is 4.92 Å². The molecule has 0 aliphatic carbocycles. The maximum atomic E-state index is 10.3. The maximum absolute atomic E-state index is 10.3. The first-order valence-corrected chi connectivity index (χ1v) is 4.71. The van der Waals surface area contributed by atoms with Gasteiger partial charge in [-0.15, -0.1) is 0 Å². The highest BCUT2D eigenvalue weighted by atomic mass is 16.6. The van der Waals surface area contributed by atoms with E-state index in [-0.39, 0.29) is 18.5 Å². The van der Waals surface area contributed by atoms with Crippen LogP contribution >= 0.6 is 0 Å². The molecule has 0 saturated carbocycles. The molecule has 0 saturated heterocycles. The molecular formula is C9H14N2O4. The molecule has 0 unspecified atom stereocenters. The van der Waals surface area contributed by atoms with Crippen molar-refractivity contribution in [2.45, 2.75) is 25.9 Å². The van der Waals surface area contributed by atoms with Gasteiger partial charge in [0.2, 0.25) is 0 Å². The van der Waals surface area contributed by atoms with E-state index >= 15 is 0 Å². The Morgan fingerprint density at radius 3 is 2.93 bits per heavy atom. The number of nitrogens with one attached hydrogen (secondary N) is 1. The summed E-state index contributed by atoms with van der Waals surface area (Å²) < 4.78 is 4.95. The molecule has 0 aliphatic heterocycles. The van der Waals surface area contributed by atoms with E-state index in [4.69, 9.17) is 9.52 Å². The summed E-state index contributed by atoms with van der Waals surface area (Å²) in [5.74, 6) is 0.271. The SMILES string of the molecule is C[C@H](CCO)NCc1ccc([N+](=O)[O-])o1. The summed E-state index contributed by atoms with van der Waals surface area (Å²) in [6, 6.07) is 3.05. The maximum Gasteiger partial charge on any atom is 0.433 e. The Labute approximate surface area is 87.0 Å². The van der Waals surface area contributed by atoms with E-state index in [2.05, 4.69) is 5.32 Å². The third-order valence-electron chi connectivity index (χ3n) is 2.01. The van der Waals surface area contributed by atoms with Gasteiger partial charge in [0.05, 0.1) is 12.6 Å². The lowest BCUT2D eigenvalue weighted by atomic mass is 10.2. The Balaban J connectivity index is 2.40. The van der Waals surface area contributed by atoms with Gasteiger partial charge in [0.15, 0.2) is 0 Å². The van der Waals surface area contributed by atoms with Gasteiger partial charge in [0.1, 0.15) is 10.7 Å². The second-order valence-electron chi connectivity index (χ2n) is 3.29. The van der Waals surface area contributed by atoms with Crippen molar-refractivity contribution in [2.75, 3.05) is 6.61 Å². The van der Waals surface area contributed by atoms with Crippen LogP contribution in [0.2, 0.25) is 0 Å². The molecule has 15 heavy (non-hydrogen) atoms. The van der Waals surface area contributed by atoms with Gasteiger partial charge in [-0.3, -0.25) is 10.1 Å². The molecule has 1 aromatic heterocycles. The van der Waals surface area contributed by atoms with Gasteiger partial charge < -0.3 is 14.8 Å². The second kappa shape index (κ2) is 5.47. The minimum atomic E-state index is -0.569. The average Bonchev–Trinajstić information content (AvgIpc) is 2.63. The van der Waals surface area contributed by atoms with Crippen molar-refractivity contribution in [1.29, 1.82) is 0 Å². The van der Waals surface area contributed by atoms with Crippen LogP contribution in [0.25, 0.3) is 0 Å². The Bertz CT molecular complexity index is 324. The summed E-state index contributed by atoms with van der Waals surface area (Å²) in [6.45, 7) is 2.47. The molecule has 6 nitrogen and oxygen atoms in total. The number of hydrogen-bond acceptors (Lipinski definition) is 5. The van der Waals surface area contributed by atoms with Crippen LogP contribution in [0.1, 0.15) is 19.1 Å². The fraction of sp³-hybridized carbons (Fsp3) is 0.556. The molecule has 0 spiro atoms. The minimum absolute atomic E-state index is 0.118. The quantitative estimate of drug-likeness (QED) is 0.545. The largest absolute Gasteiger partial charge is 0.433 e. The fourth-order valence-electron chi connectivity index (χ4n) is 1.13. The predicted octanol–water partition coefficient (Wildman–Crippen LogP) is 1.05. The van der Waals surface area contributed by atoms with Crippen molar-refractivity contribution >= 4 is 5.88 Å². The second-order valence-corrected chi connectivity index (χ2v) is 3.29. The molecule has 2 N–H and O–H groups in total. The molecular weight excluding hydrogens is 200 g/mol. The van der Waals surface area contributed by atoms with Gasteiger partial charge in [-0.1, -0.05) is 0 Å². The highest BCUT2D eigenvalue weighted by molar-refractivity contribution is 5.17. The van der Waals surface area contributed by atoms with Crippen LogP contribution in [0, 0.1) is 10.1 Å². The van der Waals surface area contributed by atoms with Crippen LogP contribution in [0.15, 0.2) is 16.5 Å². The number of aliphatic hydroxyl groups excluding tert-OH is 1. The van der Waals surface area contributed by atoms with Crippen molar-refractivity contribution in [3.8, 4) is 0 Å². The third kappa shape index (κ3) is 3.69. The monoisotopic (exact) mass is 214 g/mol. The third-order valence-corrected chi connectivity index (χ3v) is 2.01. The van der Waals surface area contributed by atoms with Gasteiger partial charge >= 0.3 is 5.88 Å². The first-order valence-electron chi connectivity index (χ1n) is 4.71. The average molecular weight is 214 g/mol. The van der Waals surface area contributed by atoms with Gasteiger partial charge in [-0.25, -0.2) is 0 Å². The highest BCUT2D eigenvalue weighted by Gasteiger charge is 2.11. The van der Waals surface area contributed by atoms with E-state index in [0.29, 0.717) is 18.7 Å². The van der Waals surface area contributed by atoms with Gasteiger partial charge in [-0.05, 0) is 19.4 Å². The first kappa shape index (κ1) is 11.7. The van der Waals surface area contributed by atoms with Crippen LogP contribution in [-0.2, 0) is 6.54 Å². The molecule has 6 heteroatoms. The van der Waals surface area contributed by atoms with Gasteiger partial charge in [0.25, 0.3) is 0 Å². The molecule has 0 bridgehead atoms. The molecule has 0 amide bonds. The number of furan rings is 1. The molecule has 1 heterocycles. The number of hydrogen-bond donors (Lipinski definition) is 2. The summed E-state index contributed by atoms with van der Waals surface area (Å²) in [6.07, 6.45) is 0.642. The molecule has 0 aliphatic rings. The Hall–Kier alpha value is -1.40. The van der Waals surface area contributed by atoms with E-state index in [0.717, 1.165) is 0 Å². The van der Waals surface area contributed by atoms with Crippen molar-refractivity contribution < 1.29 is 14.4 Å². The summed E-state index contributed by atoms with van der Waals surface area (Å²) in [5.41, 5.74) is 0. The number of nitrogens with zero attached hydrogens (tertiary/aromatic N) is 1. The Morgan fingerprint density at radius 2 is 2.40 bits per heavy atom. The lowest BCUT2D eigenvalue weighted by Crippen LogP contribution is -2.26. The summed E-state index contributed by atoms with van der Waals surface area (Å²) in [7, 11) is 0. The minimum Gasteiger partial charge on any atom is -0.404 e. The standard InChI is InChI=1S/C9H14N2O4/c1-7(4-5-12)10-6-8-2-3-9(15-8)11(13)14/h2-3,7,10,12H,4-6H2,1H3/t7-/m1/s1. The Morgan fingerprint density at radius 1 is 1.67 bits per heavy atom. The molecule has 1 aromatic rings. The van der Waals surface area contributed by atoms with Crippen LogP contribution in [0.5, 0.6) is 0 Å². The summed E-state index contributed by atoms with van der Waals surface area (Å²) in [4.78, 5) is 9.74. The van der Waals surface area contributed by atoms with Crippen LogP contribution in [0.3, 0.4) is 0 Å². The van der Waals surface area contributed by atoms with Crippen molar-refractivity contribution in [1.82, 2.24) is 5.32 Å². The summed E-state index contributed by atoms with van der Waals surface area (Å²) in [5, 5.41) is 22.0. The normalized spacial score (nSPS) is 12.7. The molecule has 0 fully saturated rings. The zero-order chi connectivity index (χ0) is 11.3. The van der Waals surface area contributed by atoms with Gasteiger partial charge in [0, 0.05) is 12.6 Å². The summed E-state index contributed by atoms with van der Waals surface area (Å²) >= 11 is 0. The molecule has 84 valence electrons. The fourth-order valence-corrected chi connectivity index (χ4v) is 1.13. The van der Waals surface area contributed by atoms with Crippen molar-refractivity contribution in [3.05, 3.63) is 28.0 Å². The van der Waals surface area contributed by atoms with E-state index in [1.54, 1.807) is 6.07 Å². The smallest absolute Gasteiger partial charge is 0.404 e. The van der Waals surface area contributed by atoms with E-state index in [1.165, 1.54) is 6.07 Å². The lowest BCUT2D eigenvalue weighted by molar-refractivity contribution is -0.402. The number of nitro groups is 1. The predicted molar refractivity (Wildman–Crippen MR) is 53.4 cm³/mol. The highest BCUT2D eigenvalue weighted by Crippen LogP contribution is 2.15. The van der Waals surface area contributed by atoms with E-state index in [9.17, 15) is 10.1 Å². The van der Waals surface area contributed by atoms with Crippen molar-refractivity contribution in [3.63, 3.8) is 0 Å². The van der Waals surface area contributed by atoms with Crippen LogP contribution in [-0.4, -0.2) is 22.7 Å². The molecule has 1 rings (SSSR count). The van der Waals surface area contributed by atoms with Gasteiger partial charge in [-0.2, -0.15) is 0 Å². The zero-order valence-electron chi connectivity index (χ0n) is 8.47. The lowest BCUT2D eigenvalue weighted by Gasteiger charge is -2.09. The number of rotatable bonds is 6. The molecule has 0 aromatic carbocycles. The molecule has 1 atom stereocenters. The first-order chi connectivity index (χ1) is 7.13.